The van der Waals surface area contributed by atoms with Crippen LogP contribution in [0.4, 0.5) is 0 Å². The summed E-state index contributed by atoms with van der Waals surface area (Å²) in [7, 11) is 0. The summed E-state index contributed by atoms with van der Waals surface area (Å²) in [5, 5.41) is 3.10. The van der Waals surface area contributed by atoms with E-state index < -0.39 is 0 Å². The minimum atomic E-state index is -0.133. The van der Waals surface area contributed by atoms with Crippen molar-refractivity contribution in [3.63, 3.8) is 0 Å². The molecule has 0 bridgehead atoms. The fourth-order valence-electron chi connectivity index (χ4n) is 2.63. The molecular weight excluding hydrogens is 216 g/mol. The van der Waals surface area contributed by atoms with Crippen LogP contribution in [0.25, 0.3) is 0 Å². The third-order valence-electron chi connectivity index (χ3n) is 3.56. The topological polar surface area (TPSA) is 49.4 Å². The van der Waals surface area contributed by atoms with Gasteiger partial charge in [-0.05, 0) is 5.56 Å². The van der Waals surface area contributed by atoms with Crippen LogP contribution < -0.4 is 5.32 Å². The fourth-order valence-corrected chi connectivity index (χ4v) is 2.63. The highest BCUT2D eigenvalue weighted by Gasteiger charge is 2.49. The zero-order valence-electron chi connectivity index (χ0n) is 9.43. The van der Waals surface area contributed by atoms with Gasteiger partial charge in [0.25, 0.3) is 0 Å². The van der Waals surface area contributed by atoms with E-state index >= 15 is 0 Å². The number of hydrogen-bond donors (Lipinski definition) is 1. The maximum absolute atomic E-state index is 12.1. The first-order chi connectivity index (χ1) is 8.27. The number of nitrogens with zero attached hydrogens (tertiary/aromatic N) is 1. The van der Waals surface area contributed by atoms with Crippen LogP contribution in [0.1, 0.15) is 5.56 Å². The van der Waals surface area contributed by atoms with E-state index in [1.807, 2.05) is 30.3 Å². The molecule has 0 unspecified atom stereocenters. The van der Waals surface area contributed by atoms with Gasteiger partial charge in [-0.1, -0.05) is 30.3 Å². The number of carbonyl (C=O) groups excluding carboxylic acids is 2. The summed E-state index contributed by atoms with van der Waals surface area (Å²) < 4.78 is 0. The number of benzene rings is 1. The van der Waals surface area contributed by atoms with Crippen molar-refractivity contribution in [3.8, 4) is 0 Å². The van der Waals surface area contributed by atoms with Gasteiger partial charge in [0.2, 0.25) is 11.8 Å². The first-order valence-corrected chi connectivity index (χ1v) is 5.87. The van der Waals surface area contributed by atoms with Gasteiger partial charge in [0.15, 0.2) is 0 Å². The lowest BCUT2D eigenvalue weighted by Crippen LogP contribution is -2.34. The second kappa shape index (κ2) is 3.96. The van der Waals surface area contributed by atoms with Crippen LogP contribution in [-0.2, 0) is 16.1 Å². The van der Waals surface area contributed by atoms with E-state index in [0.717, 1.165) is 5.56 Å². The summed E-state index contributed by atoms with van der Waals surface area (Å²) in [5.74, 6) is -0.305. The van der Waals surface area contributed by atoms with E-state index in [1.165, 1.54) is 4.90 Å². The van der Waals surface area contributed by atoms with Crippen LogP contribution in [0, 0.1) is 11.8 Å². The molecule has 2 aliphatic heterocycles. The molecular formula is C13H14N2O2. The molecule has 1 N–H and O–H groups in total. The van der Waals surface area contributed by atoms with Gasteiger partial charge in [-0.2, -0.15) is 0 Å². The first kappa shape index (κ1) is 10.5. The third-order valence-corrected chi connectivity index (χ3v) is 3.56. The van der Waals surface area contributed by atoms with Crippen molar-refractivity contribution in [1.29, 1.82) is 0 Å². The molecule has 2 aliphatic rings. The molecule has 0 aliphatic carbocycles. The molecule has 3 rings (SSSR count). The van der Waals surface area contributed by atoms with Crippen molar-refractivity contribution in [2.24, 2.45) is 11.8 Å². The molecule has 0 radical (unpaired) electrons. The standard InChI is InChI=1S/C13H14N2O2/c16-12-10-6-14-7-11(10)13(17)15(12)8-9-4-2-1-3-5-9/h1-5,10-11,14H,6-8H2/t10-,11-/m1/s1. The minimum Gasteiger partial charge on any atom is -0.315 e. The van der Waals surface area contributed by atoms with Crippen LogP contribution in [0.2, 0.25) is 0 Å². The van der Waals surface area contributed by atoms with Crippen LogP contribution >= 0.6 is 0 Å². The highest BCUT2D eigenvalue weighted by Crippen LogP contribution is 2.30. The van der Waals surface area contributed by atoms with E-state index in [9.17, 15) is 9.59 Å². The Morgan fingerprint density at radius 3 is 2.24 bits per heavy atom. The predicted octanol–water partition coefficient (Wildman–Crippen LogP) is 0.391. The number of imide groups is 1. The van der Waals surface area contributed by atoms with E-state index in [4.69, 9.17) is 0 Å². The van der Waals surface area contributed by atoms with Crippen molar-refractivity contribution in [2.75, 3.05) is 13.1 Å². The maximum atomic E-state index is 12.1. The van der Waals surface area contributed by atoms with Crippen molar-refractivity contribution in [1.82, 2.24) is 10.2 Å². The molecule has 88 valence electrons. The van der Waals surface area contributed by atoms with Gasteiger partial charge in [-0.3, -0.25) is 14.5 Å². The Kier molecular flexibility index (Phi) is 2.44. The molecule has 0 spiro atoms. The highest BCUT2D eigenvalue weighted by molar-refractivity contribution is 6.05. The summed E-state index contributed by atoms with van der Waals surface area (Å²) in [6.07, 6.45) is 0. The van der Waals surface area contributed by atoms with Crippen molar-refractivity contribution < 1.29 is 9.59 Å². The number of rotatable bonds is 2. The van der Waals surface area contributed by atoms with Gasteiger partial charge in [0.1, 0.15) is 0 Å². The SMILES string of the molecule is O=C1[C@@H]2CNC[C@H]2C(=O)N1Cc1ccccc1. The summed E-state index contributed by atoms with van der Waals surface area (Å²) in [4.78, 5) is 25.5. The monoisotopic (exact) mass is 230 g/mol. The number of amides is 2. The molecule has 2 heterocycles. The fraction of sp³-hybridized carbons (Fsp3) is 0.385. The molecule has 0 saturated carbocycles. The molecule has 1 aromatic rings. The number of hydrogen-bond acceptors (Lipinski definition) is 3. The molecule has 4 nitrogen and oxygen atoms in total. The van der Waals surface area contributed by atoms with Gasteiger partial charge in [0.05, 0.1) is 18.4 Å². The lowest BCUT2D eigenvalue weighted by molar-refractivity contribution is -0.140. The average molecular weight is 230 g/mol. The van der Waals surface area contributed by atoms with E-state index in [2.05, 4.69) is 5.32 Å². The smallest absolute Gasteiger partial charge is 0.234 e. The van der Waals surface area contributed by atoms with Gasteiger partial charge >= 0.3 is 0 Å². The largest absolute Gasteiger partial charge is 0.315 e. The average Bonchev–Trinajstić information content (AvgIpc) is 2.91. The number of carbonyl (C=O) groups is 2. The Hall–Kier alpha value is -1.68. The maximum Gasteiger partial charge on any atom is 0.234 e. The molecule has 0 aromatic heterocycles. The zero-order valence-corrected chi connectivity index (χ0v) is 9.43. The summed E-state index contributed by atoms with van der Waals surface area (Å²) >= 11 is 0. The lowest BCUT2D eigenvalue weighted by atomic mass is 10.00. The van der Waals surface area contributed by atoms with Crippen molar-refractivity contribution in [3.05, 3.63) is 35.9 Å². The van der Waals surface area contributed by atoms with E-state index in [0.29, 0.717) is 19.6 Å². The quantitative estimate of drug-likeness (QED) is 0.748. The number of likely N-dealkylation sites (tertiary alicyclic amines) is 1. The normalized spacial score (nSPS) is 27.6. The van der Waals surface area contributed by atoms with Gasteiger partial charge in [-0.25, -0.2) is 0 Å². The van der Waals surface area contributed by atoms with E-state index in [-0.39, 0.29) is 23.7 Å². The van der Waals surface area contributed by atoms with Crippen LogP contribution in [0.15, 0.2) is 30.3 Å². The van der Waals surface area contributed by atoms with Gasteiger partial charge in [0, 0.05) is 13.1 Å². The summed E-state index contributed by atoms with van der Waals surface area (Å²) in [6.45, 7) is 1.69. The summed E-state index contributed by atoms with van der Waals surface area (Å²) in [6, 6.07) is 9.64. The second-order valence-electron chi connectivity index (χ2n) is 4.62. The molecule has 2 amide bonds. The second-order valence-corrected chi connectivity index (χ2v) is 4.62. The van der Waals surface area contributed by atoms with Crippen LogP contribution in [0.5, 0.6) is 0 Å². The Morgan fingerprint density at radius 1 is 1.06 bits per heavy atom. The minimum absolute atomic E-state index is 0.0196. The third kappa shape index (κ3) is 1.65. The van der Waals surface area contributed by atoms with E-state index in [1.54, 1.807) is 0 Å². The molecule has 17 heavy (non-hydrogen) atoms. The molecule has 1 aromatic carbocycles. The Morgan fingerprint density at radius 2 is 1.65 bits per heavy atom. The zero-order chi connectivity index (χ0) is 11.8. The number of nitrogens with one attached hydrogen (secondary N) is 1. The predicted molar refractivity (Wildman–Crippen MR) is 61.8 cm³/mol. The van der Waals surface area contributed by atoms with Crippen LogP contribution in [0.3, 0.4) is 0 Å². The van der Waals surface area contributed by atoms with Gasteiger partial charge in [-0.15, -0.1) is 0 Å². The van der Waals surface area contributed by atoms with Gasteiger partial charge < -0.3 is 5.32 Å². The van der Waals surface area contributed by atoms with Crippen molar-refractivity contribution in [2.45, 2.75) is 6.54 Å². The lowest BCUT2D eigenvalue weighted by Gasteiger charge is -2.15. The molecule has 4 heteroatoms. The summed E-state index contributed by atoms with van der Waals surface area (Å²) in [5.41, 5.74) is 1.00. The highest BCUT2D eigenvalue weighted by atomic mass is 16.2. The first-order valence-electron chi connectivity index (χ1n) is 5.87. The Balaban J connectivity index is 1.81. The molecule has 2 saturated heterocycles. The molecule has 2 atom stereocenters. The Bertz CT molecular complexity index is 436. The van der Waals surface area contributed by atoms with Crippen molar-refractivity contribution >= 4 is 11.8 Å². The van der Waals surface area contributed by atoms with Crippen LogP contribution in [-0.4, -0.2) is 29.8 Å². The number of fused-ring (bicyclic) bond motifs is 1. The molecule has 2 fully saturated rings. The Labute approximate surface area is 99.6 Å².